The highest BCUT2D eigenvalue weighted by Crippen LogP contribution is 2.17. The molecule has 1 aromatic rings. The Hall–Kier alpha value is -2.02. The van der Waals surface area contributed by atoms with Gasteiger partial charge >= 0.3 is 0 Å². The van der Waals surface area contributed by atoms with Gasteiger partial charge in [0.25, 0.3) is 0 Å². The maximum Gasteiger partial charge on any atom is 0.0314 e. The van der Waals surface area contributed by atoms with E-state index in [0.29, 0.717) is 5.70 Å². The molecule has 0 aliphatic heterocycles. The molecule has 1 heteroatoms. The molecule has 0 saturated carbocycles. The van der Waals surface area contributed by atoms with Crippen LogP contribution in [0, 0.1) is 0 Å². The van der Waals surface area contributed by atoms with Crippen molar-refractivity contribution in [3.05, 3.63) is 73.4 Å². The quantitative estimate of drug-likeness (QED) is 0.736. The van der Waals surface area contributed by atoms with Gasteiger partial charge in [0.15, 0.2) is 0 Å². The Labute approximate surface area is 90.9 Å². The summed E-state index contributed by atoms with van der Waals surface area (Å²) >= 11 is 0. The van der Waals surface area contributed by atoms with E-state index in [4.69, 9.17) is 5.73 Å². The molecule has 0 aliphatic rings. The zero-order valence-electron chi connectivity index (χ0n) is 8.74. The van der Waals surface area contributed by atoms with E-state index in [1.807, 2.05) is 30.3 Å². The van der Waals surface area contributed by atoms with Crippen molar-refractivity contribution in [2.75, 3.05) is 0 Å². The van der Waals surface area contributed by atoms with Crippen LogP contribution in [0.3, 0.4) is 0 Å². The van der Waals surface area contributed by atoms with Crippen LogP contribution in [-0.2, 0) is 0 Å². The summed E-state index contributed by atoms with van der Waals surface area (Å²) in [6, 6.07) is 7.87. The zero-order chi connectivity index (χ0) is 11.3. The second kappa shape index (κ2) is 5.01. The summed E-state index contributed by atoms with van der Waals surface area (Å²) in [6.45, 7) is 11.1. The van der Waals surface area contributed by atoms with Crippen LogP contribution in [0.25, 0.3) is 11.3 Å². The van der Waals surface area contributed by atoms with Crippen LogP contribution in [0.5, 0.6) is 0 Å². The summed E-state index contributed by atoms with van der Waals surface area (Å²) in [6.07, 6.45) is 5.46. The second-order valence-electron chi connectivity index (χ2n) is 3.16. The molecule has 0 saturated heterocycles. The molecule has 15 heavy (non-hydrogen) atoms. The summed E-state index contributed by atoms with van der Waals surface area (Å²) in [4.78, 5) is 0. The largest absolute Gasteiger partial charge is 0.399 e. The molecule has 0 bridgehead atoms. The maximum absolute atomic E-state index is 5.59. The van der Waals surface area contributed by atoms with E-state index >= 15 is 0 Å². The normalized spacial score (nSPS) is 10.8. The number of hydrogen-bond acceptors (Lipinski definition) is 1. The van der Waals surface area contributed by atoms with E-state index in [0.717, 1.165) is 16.7 Å². The lowest BCUT2D eigenvalue weighted by Gasteiger charge is -2.04. The van der Waals surface area contributed by atoms with E-state index in [2.05, 4.69) is 19.7 Å². The van der Waals surface area contributed by atoms with Gasteiger partial charge in [0.1, 0.15) is 0 Å². The third-order valence-electron chi connectivity index (χ3n) is 2.11. The standard InChI is InChI=1S/C14H15N/c1-4-6-12(5-2)14-9-7-13(8-10-14)11(3)15/h4-10H,1-3,15H2/b12-6+. The molecular formula is C14H15N. The van der Waals surface area contributed by atoms with E-state index < -0.39 is 0 Å². The van der Waals surface area contributed by atoms with Gasteiger partial charge in [-0.3, -0.25) is 0 Å². The minimum atomic E-state index is 0.578. The Kier molecular flexibility index (Phi) is 3.69. The number of nitrogens with two attached hydrogens (primary N) is 1. The van der Waals surface area contributed by atoms with Crippen LogP contribution in [0.15, 0.2) is 62.2 Å². The molecule has 1 nitrogen and oxygen atoms in total. The molecule has 0 atom stereocenters. The first-order valence-electron chi connectivity index (χ1n) is 4.69. The molecule has 0 fully saturated rings. The fourth-order valence-corrected chi connectivity index (χ4v) is 1.29. The molecule has 0 radical (unpaired) electrons. The van der Waals surface area contributed by atoms with Crippen LogP contribution >= 0.6 is 0 Å². The van der Waals surface area contributed by atoms with Gasteiger partial charge in [0.2, 0.25) is 0 Å². The van der Waals surface area contributed by atoms with Crippen LogP contribution in [0.1, 0.15) is 11.1 Å². The van der Waals surface area contributed by atoms with Crippen LogP contribution in [-0.4, -0.2) is 0 Å². The predicted octanol–water partition coefficient (Wildman–Crippen LogP) is 3.37. The van der Waals surface area contributed by atoms with Gasteiger partial charge in [-0.05, 0) is 16.7 Å². The lowest BCUT2D eigenvalue weighted by Crippen LogP contribution is -1.93. The van der Waals surface area contributed by atoms with E-state index in [9.17, 15) is 0 Å². The number of allylic oxidation sites excluding steroid dienone is 4. The molecule has 2 N–H and O–H groups in total. The zero-order valence-corrected chi connectivity index (χ0v) is 8.74. The predicted molar refractivity (Wildman–Crippen MR) is 68.0 cm³/mol. The Bertz CT molecular complexity index is 407. The summed E-state index contributed by atoms with van der Waals surface area (Å²) in [5.74, 6) is 0. The van der Waals surface area contributed by atoms with E-state index in [1.165, 1.54) is 0 Å². The average Bonchev–Trinajstić information content (AvgIpc) is 2.26. The lowest BCUT2D eigenvalue weighted by molar-refractivity contribution is 1.51. The summed E-state index contributed by atoms with van der Waals surface area (Å²) < 4.78 is 0. The summed E-state index contributed by atoms with van der Waals surface area (Å²) in [5, 5.41) is 0. The monoisotopic (exact) mass is 197 g/mol. The van der Waals surface area contributed by atoms with Crippen molar-refractivity contribution in [3.63, 3.8) is 0 Å². The average molecular weight is 197 g/mol. The molecular weight excluding hydrogens is 182 g/mol. The SMILES string of the molecule is C=C/C=C(\C=C)c1ccc(C(=C)N)cc1. The third kappa shape index (κ3) is 2.71. The minimum Gasteiger partial charge on any atom is -0.399 e. The van der Waals surface area contributed by atoms with Crippen molar-refractivity contribution in [1.29, 1.82) is 0 Å². The molecule has 0 spiro atoms. The highest BCUT2D eigenvalue weighted by atomic mass is 14.6. The molecule has 1 rings (SSSR count). The first-order valence-corrected chi connectivity index (χ1v) is 4.69. The topological polar surface area (TPSA) is 26.0 Å². The van der Waals surface area contributed by atoms with Gasteiger partial charge < -0.3 is 5.73 Å². The van der Waals surface area contributed by atoms with Crippen molar-refractivity contribution in [2.45, 2.75) is 0 Å². The molecule has 0 heterocycles. The fourth-order valence-electron chi connectivity index (χ4n) is 1.29. The van der Waals surface area contributed by atoms with Gasteiger partial charge in [-0.25, -0.2) is 0 Å². The van der Waals surface area contributed by atoms with Crippen LogP contribution < -0.4 is 5.73 Å². The van der Waals surface area contributed by atoms with Crippen molar-refractivity contribution >= 4 is 11.3 Å². The summed E-state index contributed by atoms with van der Waals surface area (Å²) in [5.41, 5.74) is 9.24. The Balaban J connectivity index is 3.07. The summed E-state index contributed by atoms with van der Waals surface area (Å²) in [7, 11) is 0. The second-order valence-corrected chi connectivity index (χ2v) is 3.16. The fraction of sp³-hybridized carbons (Fsp3) is 0. The molecule has 1 aromatic carbocycles. The van der Waals surface area contributed by atoms with Crippen LogP contribution in [0.2, 0.25) is 0 Å². The van der Waals surface area contributed by atoms with Crippen LogP contribution in [0.4, 0.5) is 0 Å². The van der Waals surface area contributed by atoms with Gasteiger partial charge in [0, 0.05) is 5.70 Å². The molecule has 76 valence electrons. The van der Waals surface area contributed by atoms with Gasteiger partial charge in [-0.1, -0.05) is 62.2 Å². The van der Waals surface area contributed by atoms with Crippen molar-refractivity contribution in [3.8, 4) is 0 Å². The highest BCUT2D eigenvalue weighted by Gasteiger charge is 1.97. The first kappa shape index (κ1) is 11.1. The van der Waals surface area contributed by atoms with Crippen molar-refractivity contribution in [1.82, 2.24) is 0 Å². The number of benzene rings is 1. The number of hydrogen-bond donors (Lipinski definition) is 1. The lowest BCUT2D eigenvalue weighted by atomic mass is 10.0. The molecule has 0 aromatic heterocycles. The molecule has 0 aliphatic carbocycles. The Morgan fingerprint density at radius 3 is 2.00 bits per heavy atom. The van der Waals surface area contributed by atoms with Gasteiger partial charge in [0.05, 0.1) is 0 Å². The Morgan fingerprint density at radius 1 is 1.07 bits per heavy atom. The minimum absolute atomic E-state index is 0.578. The van der Waals surface area contributed by atoms with Gasteiger partial charge in [-0.2, -0.15) is 0 Å². The number of rotatable bonds is 4. The first-order chi connectivity index (χ1) is 7.19. The molecule has 0 unspecified atom stereocenters. The highest BCUT2D eigenvalue weighted by molar-refractivity contribution is 5.75. The van der Waals surface area contributed by atoms with Gasteiger partial charge in [-0.15, -0.1) is 0 Å². The van der Waals surface area contributed by atoms with E-state index in [-0.39, 0.29) is 0 Å². The third-order valence-corrected chi connectivity index (χ3v) is 2.11. The maximum atomic E-state index is 5.59. The van der Waals surface area contributed by atoms with Crippen molar-refractivity contribution in [2.24, 2.45) is 5.73 Å². The van der Waals surface area contributed by atoms with E-state index in [1.54, 1.807) is 12.2 Å². The molecule has 0 amide bonds. The smallest absolute Gasteiger partial charge is 0.0314 e. The Morgan fingerprint density at radius 2 is 1.60 bits per heavy atom. The van der Waals surface area contributed by atoms with Crippen molar-refractivity contribution < 1.29 is 0 Å².